The Morgan fingerprint density at radius 1 is 0.750 bits per heavy atom. The third-order valence-corrected chi connectivity index (χ3v) is 6.11. The van der Waals surface area contributed by atoms with E-state index in [1.54, 1.807) is 11.1 Å². The van der Waals surface area contributed by atoms with Crippen molar-refractivity contribution >= 4 is 0 Å². The van der Waals surface area contributed by atoms with E-state index < -0.39 is 0 Å². The molecule has 3 rings (SSSR count). The van der Waals surface area contributed by atoms with Crippen molar-refractivity contribution in [3.8, 4) is 11.1 Å². The van der Waals surface area contributed by atoms with Crippen LogP contribution in [0.3, 0.4) is 0 Å². The van der Waals surface area contributed by atoms with Crippen LogP contribution in [0.25, 0.3) is 11.1 Å². The fraction of sp³-hybridized carbons (Fsp3) is 0.500. The van der Waals surface area contributed by atoms with Crippen molar-refractivity contribution in [1.82, 2.24) is 0 Å². The first-order chi connectivity index (χ1) is 11.8. The van der Waals surface area contributed by atoms with Gasteiger partial charge < -0.3 is 0 Å². The predicted molar refractivity (Wildman–Crippen MR) is 105 cm³/mol. The van der Waals surface area contributed by atoms with Gasteiger partial charge in [-0.1, -0.05) is 101 Å². The molecular weight excluding hydrogens is 288 g/mol. The lowest BCUT2D eigenvalue weighted by molar-refractivity contribution is 0.295. The van der Waals surface area contributed by atoms with Gasteiger partial charge in [0.05, 0.1) is 0 Å². The van der Waals surface area contributed by atoms with Crippen LogP contribution in [0.4, 0.5) is 0 Å². The first-order valence-corrected chi connectivity index (χ1v) is 9.95. The summed E-state index contributed by atoms with van der Waals surface area (Å²) >= 11 is 0. The highest BCUT2D eigenvalue weighted by Gasteiger charge is 2.45. The number of unbranched alkanes of at least 4 members (excludes halogenated alkanes) is 3. The van der Waals surface area contributed by atoms with Crippen LogP contribution in [0.5, 0.6) is 0 Å². The van der Waals surface area contributed by atoms with Gasteiger partial charge >= 0.3 is 0 Å². The number of benzene rings is 2. The molecule has 0 radical (unpaired) electrons. The first-order valence-electron chi connectivity index (χ1n) is 9.95. The van der Waals surface area contributed by atoms with E-state index >= 15 is 0 Å². The molecule has 1 aliphatic carbocycles. The lowest BCUT2D eigenvalue weighted by Crippen LogP contribution is -2.33. The van der Waals surface area contributed by atoms with E-state index in [9.17, 15) is 0 Å². The van der Waals surface area contributed by atoms with E-state index in [1.807, 2.05) is 0 Å². The molecule has 0 bridgehead atoms. The third kappa shape index (κ3) is 2.81. The Hall–Kier alpha value is -1.56. The SMILES string of the molecule is CCCCCC1(C(C)CCCC)c2ccccc2-c2ccccc21. The lowest BCUT2D eigenvalue weighted by Gasteiger charge is -2.38. The lowest BCUT2D eigenvalue weighted by atomic mass is 9.64. The molecular formula is C24H32. The summed E-state index contributed by atoms with van der Waals surface area (Å²) in [6.07, 6.45) is 9.20. The second-order valence-electron chi connectivity index (χ2n) is 7.56. The Labute approximate surface area is 148 Å². The maximum atomic E-state index is 2.50. The average molecular weight is 321 g/mol. The summed E-state index contributed by atoms with van der Waals surface area (Å²) in [5.41, 5.74) is 6.36. The van der Waals surface area contributed by atoms with Crippen LogP contribution in [0, 0.1) is 5.92 Å². The fourth-order valence-electron chi connectivity index (χ4n) is 4.82. The molecule has 2 aromatic rings. The van der Waals surface area contributed by atoms with Gasteiger partial charge in [-0.05, 0) is 41.0 Å². The molecule has 0 heterocycles. The first kappa shape index (κ1) is 17.3. The number of hydrogen-bond acceptors (Lipinski definition) is 0. The number of rotatable bonds is 8. The van der Waals surface area contributed by atoms with E-state index in [0.29, 0.717) is 5.92 Å². The van der Waals surface area contributed by atoms with Crippen molar-refractivity contribution in [2.45, 2.75) is 71.1 Å². The smallest absolute Gasteiger partial charge is 0.0240 e. The van der Waals surface area contributed by atoms with Crippen molar-refractivity contribution in [3.63, 3.8) is 0 Å². The van der Waals surface area contributed by atoms with Crippen LogP contribution in [0.1, 0.15) is 76.8 Å². The van der Waals surface area contributed by atoms with Crippen LogP contribution in [0.2, 0.25) is 0 Å². The molecule has 0 saturated heterocycles. The molecule has 2 aromatic carbocycles. The van der Waals surface area contributed by atoms with Crippen molar-refractivity contribution < 1.29 is 0 Å². The molecule has 0 N–H and O–H groups in total. The van der Waals surface area contributed by atoms with Crippen molar-refractivity contribution in [3.05, 3.63) is 59.7 Å². The van der Waals surface area contributed by atoms with E-state index in [2.05, 4.69) is 69.3 Å². The topological polar surface area (TPSA) is 0 Å². The summed E-state index contributed by atoms with van der Waals surface area (Å²) in [6, 6.07) is 18.4. The molecule has 0 saturated carbocycles. The van der Waals surface area contributed by atoms with E-state index in [1.165, 1.54) is 56.1 Å². The molecule has 0 spiro atoms. The Kier molecular flexibility index (Phi) is 5.43. The molecule has 0 heteroatoms. The van der Waals surface area contributed by atoms with E-state index in [0.717, 1.165) is 0 Å². The zero-order valence-corrected chi connectivity index (χ0v) is 15.6. The van der Waals surface area contributed by atoms with E-state index in [4.69, 9.17) is 0 Å². The van der Waals surface area contributed by atoms with Crippen molar-refractivity contribution in [2.24, 2.45) is 5.92 Å². The van der Waals surface area contributed by atoms with E-state index in [-0.39, 0.29) is 5.41 Å². The molecule has 0 amide bonds. The maximum Gasteiger partial charge on any atom is 0.0240 e. The maximum absolute atomic E-state index is 2.50. The van der Waals surface area contributed by atoms with Gasteiger partial charge in [0, 0.05) is 5.41 Å². The summed E-state index contributed by atoms with van der Waals surface area (Å²) in [6.45, 7) is 7.12. The Bertz CT molecular complexity index is 622. The van der Waals surface area contributed by atoms with Crippen molar-refractivity contribution in [2.75, 3.05) is 0 Å². The van der Waals surface area contributed by atoms with Gasteiger partial charge in [-0.3, -0.25) is 0 Å². The third-order valence-electron chi connectivity index (χ3n) is 6.11. The van der Waals surface area contributed by atoms with Gasteiger partial charge in [0.1, 0.15) is 0 Å². The molecule has 1 atom stereocenters. The molecule has 0 fully saturated rings. The Morgan fingerprint density at radius 3 is 1.83 bits per heavy atom. The quantitative estimate of drug-likeness (QED) is 0.446. The number of fused-ring (bicyclic) bond motifs is 3. The van der Waals surface area contributed by atoms with Crippen LogP contribution in [-0.4, -0.2) is 0 Å². The summed E-state index contributed by atoms with van der Waals surface area (Å²) in [4.78, 5) is 0. The highest BCUT2D eigenvalue weighted by molar-refractivity contribution is 5.81. The molecule has 0 nitrogen and oxygen atoms in total. The molecule has 1 unspecified atom stereocenters. The van der Waals surface area contributed by atoms with Crippen LogP contribution >= 0.6 is 0 Å². The second-order valence-corrected chi connectivity index (χ2v) is 7.56. The standard InChI is InChI=1S/C24H32/c1-4-6-12-18-24(19(3)13-7-5-2)22-16-10-8-14-20(22)21-15-9-11-17-23(21)24/h8-11,14-17,19H,4-7,12-13,18H2,1-3H3. The largest absolute Gasteiger partial charge is 0.0654 e. The minimum absolute atomic E-state index is 0.220. The summed E-state index contributed by atoms with van der Waals surface area (Å²) < 4.78 is 0. The zero-order valence-electron chi connectivity index (χ0n) is 15.6. The molecule has 1 aliphatic rings. The minimum atomic E-state index is 0.220. The predicted octanol–water partition coefficient (Wildman–Crippen LogP) is 7.36. The Morgan fingerprint density at radius 2 is 1.29 bits per heavy atom. The highest BCUT2D eigenvalue weighted by Crippen LogP contribution is 2.56. The molecule has 128 valence electrons. The summed E-state index contributed by atoms with van der Waals surface area (Å²) in [7, 11) is 0. The minimum Gasteiger partial charge on any atom is -0.0654 e. The van der Waals surface area contributed by atoms with Gasteiger partial charge in [-0.25, -0.2) is 0 Å². The van der Waals surface area contributed by atoms with Gasteiger partial charge in [-0.15, -0.1) is 0 Å². The highest BCUT2D eigenvalue weighted by atomic mass is 14.5. The summed E-state index contributed by atoms with van der Waals surface area (Å²) in [5.74, 6) is 0.694. The van der Waals surface area contributed by atoms with Crippen molar-refractivity contribution in [1.29, 1.82) is 0 Å². The molecule has 0 aromatic heterocycles. The second kappa shape index (κ2) is 7.55. The van der Waals surface area contributed by atoms with Gasteiger partial charge in [0.15, 0.2) is 0 Å². The van der Waals surface area contributed by atoms with Gasteiger partial charge in [0.25, 0.3) is 0 Å². The average Bonchev–Trinajstić information content (AvgIpc) is 2.92. The number of hydrogen-bond donors (Lipinski definition) is 0. The van der Waals surface area contributed by atoms with Crippen LogP contribution in [-0.2, 0) is 5.41 Å². The monoisotopic (exact) mass is 320 g/mol. The Balaban J connectivity index is 2.12. The summed E-state index contributed by atoms with van der Waals surface area (Å²) in [5, 5.41) is 0. The fourth-order valence-corrected chi connectivity index (χ4v) is 4.82. The zero-order chi connectivity index (χ0) is 17.0. The molecule has 24 heavy (non-hydrogen) atoms. The van der Waals surface area contributed by atoms with Crippen LogP contribution < -0.4 is 0 Å². The van der Waals surface area contributed by atoms with Crippen LogP contribution in [0.15, 0.2) is 48.5 Å². The molecule has 0 aliphatic heterocycles. The van der Waals surface area contributed by atoms with Gasteiger partial charge in [-0.2, -0.15) is 0 Å². The van der Waals surface area contributed by atoms with Gasteiger partial charge in [0.2, 0.25) is 0 Å². The normalized spacial score (nSPS) is 15.8.